The van der Waals surface area contributed by atoms with Crippen LogP contribution >= 0.6 is 0 Å². The molecule has 1 aliphatic heterocycles. The molecule has 1 N–H and O–H groups in total. The summed E-state index contributed by atoms with van der Waals surface area (Å²) in [5.74, 6) is 1.10. The summed E-state index contributed by atoms with van der Waals surface area (Å²) in [4.78, 5) is 14.7. The number of rotatable bonds is 6. The predicted octanol–water partition coefficient (Wildman–Crippen LogP) is 2.21. The quantitative estimate of drug-likeness (QED) is 0.873. The molecule has 0 bridgehead atoms. The van der Waals surface area contributed by atoms with Gasteiger partial charge < -0.3 is 14.7 Å². The smallest absolute Gasteiger partial charge is 0.223 e. The van der Waals surface area contributed by atoms with Crippen molar-refractivity contribution < 1.29 is 9.32 Å². The van der Waals surface area contributed by atoms with Crippen molar-refractivity contribution in [2.24, 2.45) is 0 Å². The summed E-state index contributed by atoms with van der Waals surface area (Å²) >= 11 is 0. The van der Waals surface area contributed by atoms with E-state index in [1.54, 1.807) is 0 Å². The maximum absolute atomic E-state index is 12.6. The van der Waals surface area contributed by atoms with Crippen molar-refractivity contribution in [3.8, 4) is 0 Å². The molecule has 1 aromatic rings. The van der Waals surface area contributed by atoms with Gasteiger partial charge >= 0.3 is 0 Å². The molecule has 1 amide bonds. The van der Waals surface area contributed by atoms with E-state index in [1.165, 1.54) is 0 Å². The van der Waals surface area contributed by atoms with E-state index in [2.05, 4.69) is 22.3 Å². The maximum Gasteiger partial charge on any atom is 0.223 e. The fourth-order valence-corrected chi connectivity index (χ4v) is 3.10. The first-order chi connectivity index (χ1) is 10.1. The zero-order valence-corrected chi connectivity index (χ0v) is 13.4. The molecule has 0 spiro atoms. The summed E-state index contributed by atoms with van der Waals surface area (Å²) in [6, 6.07) is 0.406. The molecular weight excluding hydrogens is 266 g/mol. The Bertz CT molecular complexity index is 445. The number of carbonyl (C=O) groups is 1. The van der Waals surface area contributed by atoms with E-state index in [9.17, 15) is 4.79 Å². The molecule has 1 fully saturated rings. The maximum atomic E-state index is 12.6. The summed E-state index contributed by atoms with van der Waals surface area (Å²) in [6.45, 7) is 8.88. The summed E-state index contributed by atoms with van der Waals surface area (Å²) in [7, 11) is 0. The van der Waals surface area contributed by atoms with Crippen molar-refractivity contribution in [1.29, 1.82) is 0 Å². The molecule has 1 aliphatic rings. The number of carbonyl (C=O) groups excluding carboxylic acids is 1. The zero-order valence-electron chi connectivity index (χ0n) is 13.4. The number of nitrogens with one attached hydrogen (secondary N) is 1. The third-order valence-electron chi connectivity index (χ3n) is 4.30. The number of hydrogen-bond acceptors (Lipinski definition) is 4. The monoisotopic (exact) mass is 293 g/mol. The van der Waals surface area contributed by atoms with Gasteiger partial charge in [-0.25, -0.2) is 0 Å². The van der Waals surface area contributed by atoms with E-state index < -0.39 is 0 Å². The van der Waals surface area contributed by atoms with Crippen molar-refractivity contribution in [1.82, 2.24) is 15.4 Å². The van der Waals surface area contributed by atoms with Gasteiger partial charge in [-0.1, -0.05) is 12.1 Å². The topological polar surface area (TPSA) is 58.4 Å². The molecule has 5 nitrogen and oxygen atoms in total. The van der Waals surface area contributed by atoms with Crippen molar-refractivity contribution in [3.05, 3.63) is 17.0 Å². The van der Waals surface area contributed by atoms with Crippen LogP contribution in [0.2, 0.25) is 0 Å². The van der Waals surface area contributed by atoms with Crippen molar-refractivity contribution in [2.75, 3.05) is 19.6 Å². The Kier molecular flexibility index (Phi) is 5.79. The highest BCUT2D eigenvalue weighted by molar-refractivity contribution is 5.76. The first kappa shape index (κ1) is 16.0. The minimum atomic E-state index is 0.267. The molecule has 2 rings (SSSR count). The van der Waals surface area contributed by atoms with Crippen molar-refractivity contribution in [2.45, 2.75) is 58.9 Å². The summed E-state index contributed by atoms with van der Waals surface area (Å²) in [6.07, 6.45) is 4.42. The van der Waals surface area contributed by atoms with E-state index in [0.717, 1.165) is 62.3 Å². The second-order valence-electron chi connectivity index (χ2n) is 5.87. The molecule has 21 heavy (non-hydrogen) atoms. The molecule has 1 aromatic heterocycles. The molecule has 2 heterocycles. The van der Waals surface area contributed by atoms with Crippen LogP contribution in [0, 0.1) is 13.8 Å². The molecule has 5 heteroatoms. The molecule has 0 aromatic carbocycles. The SMILES string of the molecule is CCCN(C(=O)CCc1c(C)noc1C)C1CCNCC1. The molecule has 0 unspecified atom stereocenters. The molecular formula is C16H27N3O2. The predicted molar refractivity (Wildman–Crippen MR) is 82.2 cm³/mol. The van der Waals surface area contributed by atoms with E-state index in [-0.39, 0.29) is 5.91 Å². The lowest BCUT2D eigenvalue weighted by molar-refractivity contribution is -0.134. The van der Waals surface area contributed by atoms with Gasteiger partial charge in [-0.05, 0) is 52.6 Å². The number of amides is 1. The largest absolute Gasteiger partial charge is 0.361 e. The van der Waals surface area contributed by atoms with Crippen molar-refractivity contribution >= 4 is 5.91 Å². The van der Waals surface area contributed by atoms with Crippen LogP contribution in [-0.2, 0) is 11.2 Å². The molecule has 0 radical (unpaired) electrons. The van der Waals surface area contributed by atoms with Crippen LogP contribution in [0.25, 0.3) is 0 Å². The molecule has 0 aliphatic carbocycles. The van der Waals surface area contributed by atoms with Crippen LogP contribution < -0.4 is 5.32 Å². The van der Waals surface area contributed by atoms with Crippen LogP contribution in [0.3, 0.4) is 0 Å². The van der Waals surface area contributed by atoms with E-state index >= 15 is 0 Å². The number of hydrogen-bond donors (Lipinski definition) is 1. The number of piperidine rings is 1. The Labute approximate surface area is 127 Å². The van der Waals surface area contributed by atoms with Gasteiger partial charge in [-0.2, -0.15) is 0 Å². The van der Waals surface area contributed by atoms with Gasteiger partial charge in [0, 0.05) is 24.6 Å². The Hall–Kier alpha value is -1.36. The third-order valence-corrected chi connectivity index (χ3v) is 4.30. The minimum Gasteiger partial charge on any atom is -0.361 e. The van der Waals surface area contributed by atoms with Gasteiger partial charge in [0.1, 0.15) is 5.76 Å². The van der Waals surface area contributed by atoms with Crippen LogP contribution in [0.15, 0.2) is 4.52 Å². The molecule has 0 atom stereocenters. The van der Waals surface area contributed by atoms with Crippen molar-refractivity contribution in [3.63, 3.8) is 0 Å². The highest BCUT2D eigenvalue weighted by Gasteiger charge is 2.24. The zero-order chi connectivity index (χ0) is 15.2. The average molecular weight is 293 g/mol. The van der Waals surface area contributed by atoms with Crippen LogP contribution in [0.4, 0.5) is 0 Å². The normalized spacial score (nSPS) is 16.1. The average Bonchev–Trinajstić information content (AvgIpc) is 2.82. The lowest BCUT2D eigenvalue weighted by Crippen LogP contribution is -2.46. The second-order valence-corrected chi connectivity index (χ2v) is 5.87. The van der Waals surface area contributed by atoms with E-state index in [1.807, 2.05) is 13.8 Å². The molecule has 1 saturated heterocycles. The van der Waals surface area contributed by atoms with Gasteiger partial charge in [0.05, 0.1) is 5.69 Å². The lowest BCUT2D eigenvalue weighted by Gasteiger charge is -2.34. The summed E-state index contributed by atoms with van der Waals surface area (Å²) < 4.78 is 5.17. The van der Waals surface area contributed by atoms with E-state index in [4.69, 9.17) is 4.52 Å². The van der Waals surface area contributed by atoms with Crippen LogP contribution in [0.5, 0.6) is 0 Å². The Balaban J connectivity index is 1.95. The number of nitrogens with zero attached hydrogens (tertiary/aromatic N) is 2. The van der Waals surface area contributed by atoms with Gasteiger partial charge in [-0.3, -0.25) is 4.79 Å². The Morgan fingerprint density at radius 1 is 1.38 bits per heavy atom. The fraction of sp³-hybridized carbons (Fsp3) is 0.750. The van der Waals surface area contributed by atoms with Crippen LogP contribution in [0.1, 0.15) is 49.6 Å². The van der Waals surface area contributed by atoms with Crippen LogP contribution in [-0.4, -0.2) is 41.6 Å². The second kappa shape index (κ2) is 7.59. The highest BCUT2D eigenvalue weighted by Crippen LogP contribution is 2.18. The summed E-state index contributed by atoms with van der Waals surface area (Å²) in [5, 5.41) is 7.32. The minimum absolute atomic E-state index is 0.267. The Morgan fingerprint density at radius 3 is 2.67 bits per heavy atom. The summed E-state index contributed by atoms with van der Waals surface area (Å²) in [5.41, 5.74) is 1.99. The molecule has 0 saturated carbocycles. The molecule has 118 valence electrons. The van der Waals surface area contributed by atoms with Gasteiger partial charge in [0.15, 0.2) is 0 Å². The van der Waals surface area contributed by atoms with E-state index in [0.29, 0.717) is 12.5 Å². The standard InChI is InChI=1S/C16H27N3O2/c1-4-11-19(14-7-9-17-10-8-14)16(20)6-5-15-12(2)18-21-13(15)3/h14,17H,4-11H2,1-3H3. The fourth-order valence-electron chi connectivity index (χ4n) is 3.10. The highest BCUT2D eigenvalue weighted by atomic mass is 16.5. The first-order valence-electron chi connectivity index (χ1n) is 8.05. The lowest BCUT2D eigenvalue weighted by atomic mass is 10.0. The Morgan fingerprint density at radius 2 is 2.10 bits per heavy atom. The van der Waals surface area contributed by atoms with Gasteiger partial charge in [0.2, 0.25) is 5.91 Å². The number of aromatic nitrogens is 1. The number of aryl methyl sites for hydroxylation is 2. The van der Waals surface area contributed by atoms with Gasteiger partial charge in [0.25, 0.3) is 0 Å². The van der Waals surface area contributed by atoms with Gasteiger partial charge in [-0.15, -0.1) is 0 Å². The first-order valence-corrected chi connectivity index (χ1v) is 8.05. The third kappa shape index (κ3) is 4.06.